The van der Waals surface area contributed by atoms with Crippen LogP contribution in [-0.2, 0) is 0 Å². The molecule has 0 spiro atoms. The summed E-state index contributed by atoms with van der Waals surface area (Å²) in [5.74, 6) is 3.26. The van der Waals surface area contributed by atoms with Gasteiger partial charge >= 0.3 is 0 Å². The summed E-state index contributed by atoms with van der Waals surface area (Å²) in [5.41, 5.74) is 5.71. The van der Waals surface area contributed by atoms with Gasteiger partial charge in [-0.1, -0.05) is 0 Å². The number of aromatic nitrogens is 3. The largest absolute Gasteiger partial charge is 0.396 e. The molecule has 0 aromatic carbocycles. The summed E-state index contributed by atoms with van der Waals surface area (Å²) in [7, 11) is 0. The van der Waals surface area contributed by atoms with Gasteiger partial charge in [-0.05, 0) is 26.0 Å². The van der Waals surface area contributed by atoms with Gasteiger partial charge in [0.25, 0.3) is 0 Å². The Hall–Kier alpha value is -1.28. The SMILES string of the molecule is CCN(CC)c1nc(N)nc(NCCSCCCO)n1. The molecule has 0 fully saturated rings. The van der Waals surface area contributed by atoms with Crippen LogP contribution in [0.5, 0.6) is 0 Å². The lowest BCUT2D eigenvalue weighted by atomic mass is 10.5. The minimum absolute atomic E-state index is 0.234. The van der Waals surface area contributed by atoms with Gasteiger partial charge in [0.1, 0.15) is 0 Å². The van der Waals surface area contributed by atoms with Crippen LogP contribution in [-0.4, -0.2) is 57.8 Å². The predicted molar refractivity (Wildman–Crippen MR) is 85.3 cm³/mol. The molecule has 4 N–H and O–H groups in total. The molecule has 0 saturated heterocycles. The van der Waals surface area contributed by atoms with Gasteiger partial charge < -0.3 is 21.1 Å². The minimum atomic E-state index is 0.234. The molecule has 0 aliphatic heterocycles. The van der Waals surface area contributed by atoms with E-state index < -0.39 is 0 Å². The summed E-state index contributed by atoms with van der Waals surface area (Å²) in [4.78, 5) is 14.6. The third-order valence-corrected chi connectivity index (χ3v) is 3.73. The highest BCUT2D eigenvalue weighted by atomic mass is 32.2. The monoisotopic (exact) mass is 300 g/mol. The molecule has 0 radical (unpaired) electrons. The number of nitrogens with two attached hydrogens (primary N) is 1. The second kappa shape index (κ2) is 9.60. The lowest BCUT2D eigenvalue weighted by Gasteiger charge is -2.19. The van der Waals surface area contributed by atoms with Crippen LogP contribution >= 0.6 is 11.8 Å². The van der Waals surface area contributed by atoms with E-state index in [0.717, 1.165) is 37.6 Å². The van der Waals surface area contributed by atoms with Crippen LogP contribution in [0.25, 0.3) is 0 Å². The zero-order chi connectivity index (χ0) is 14.8. The maximum atomic E-state index is 8.69. The van der Waals surface area contributed by atoms with E-state index in [1.807, 2.05) is 18.7 Å². The zero-order valence-electron chi connectivity index (χ0n) is 12.2. The normalized spacial score (nSPS) is 10.6. The molecule has 0 aliphatic carbocycles. The highest BCUT2D eigenvalue weighted by Crippen LogP contribution is 2.11. The fraction of sp³-hybridized carbons (Fsp3) is 0.750. The second-order valence-electron chi connectivity index (χ2n) is 4.11. The number of anilines is 3. The maximum absolute atomic E-state index is 8.69. The molecule has 0 atom stereocenters. The fourth-order valence-electron chi connectivity index (χ4n) is 1.61. The molecule has 0 aliphatic rings. The molecular formula is C12H24N6OS. The molecule has 0 bridgehead atoms. The first-order valence-corrected chi connectivity index (χ1v) is 8.05. The third kappa shape index (κ3) is 5.79. The number of nitrogens with one attached hydrogen (secondary N) is 1. The van der Waals surface area contributed by atoms with Crippen molar-refractivity contribution in [2.75, 3.05) is 53.7 Å². The number of nitrogens with zero attached hydrogens (tertiary/aromatic N) is 4. The average Bonchev–Trinajstić information content (AvgIpc) is 2.43. The number of hydrogen-bond acceptors (Lipinski definition) is 8. The van der Waals surface area contributed by atoms with Crippen molar-refractivity contribution in [1.29, 1.82) is 0 Å². The van der Waals surface area contributed by atoms with Crippen molar-refractivity contribution in [3.05, 3.63) is 0 Å². The first kappa shape index (κ1) is 16.8. The van der Waals surface area contributed by atoms with Crippen molar-refractivity contribution in [2.45, 2.75) is 20.3 Å². The van der Waals surface area contributed by atoms with Crippen molar-refractivity contribution in [3.8, 4) is 0 Å². The maximum Gasteiger partial charge on any atom is 0.231 e. The zero-order valence-corrected chi connectivity index (χ0v) is 13.0. The first-order valence-electron chi connectivity index (χ1n) is 6.90. The van der Waals surface area contributed by atoms with E-state index in [9.17, 15) is 0 Å². The summed E-state index contributed by atoms with van der Waals surface area (Å²) in [6.07, 6.45) is 0.829. The fourth-order valence-corrected chi connectivity index (χ4v) is 2.40. The van der Waals surface area contributed by atoms with Gasteiger partial charge in [0, 0.05) is 32.0 Å². The Morgan fingerprint density at radius 1 is 1.20 bits per heavy atom. The highest BCUT2D eigenvalue weighted by Gasteiger charge is 2.09. The standard InChI is InChI=1S/C12H24N6OS/c1-3-18(4-2)12-16-10(13)15-11(17-12)14-6-9-20-8-5-7-19/h19H,3-9H2,1-2H3,(H3,13,14,15,16,17). The molecule has 0 amide bonds. The Bertz CT molecular complexity index is 388. The molecule has 1 heterocycles. The topological polar surface area (TPSA) is 100 Å². The molecular weight excluding hydrogens is 276 g/mol. The summed E-state index contributed by atoms with van der Waals surface area (Å²) in [5, 5.41) is 11.8. The number of aliphatic hydroxyl groups is 1. The van der Waals surface area contributed by atoms with Crippen LogP contribution in [0.15, 0.2) is 0 Å². The molecule has 8 heteroatoms. The first-order chi connectivity index (χ1) is 9.71. The van der Waals surface area contributed by atoms with Crippen molar-refractivity contribution < 1.29 is 5.11 Å². The molecule has 0 saturated carbocycles. The van der Waals surface area contributed by atoms with E-state index in [-0.39, 0.29) is 12.6 Å². The van der Waals surface area contributed by atoms with Crippen molar-refractivity contribution in [3.63, 3.8) is 0 Å². The Morgan fingerprint density at radius 2 is 1.95 bits per heavy atom. The Kier molecular flexibility index (Phi) is 8.05. The Labute approximate surface area is 124 Å². The summed E-state index contributed by atoms with van der Waals surface area (Å²) < 4.78 is 0. The van der Waals surface area contributed by atoms with Crippen molar-refractivity contribution >= 4 is 29.6 Å². The molecule has 7 nitrogen and oxygen atoms in total. The summed E-state index contributed by atoms with van der Waals surface area (Å²) >= 11 is 1.79. The van der Waals surface area contributed by atoms with Crippen LogP contribution in [0.2, 0.25) is 0 Å². The van der Waals surface area contributed by atoms with E-state index in [1.54, 1.807) is 11.8 Å². The third-order valence-electron chi connectivity index (χ3n) is 2.66. The smallest absolute Gasteiger partial charge is 0.231 e. The Balaban J connectivity index is 2.49. The van der Waals surface area contributed by atoms with Gasteiger partial charge in [-0.2, -0.15) is 26.7 Å². The molecule has 0 unspecified atom stereocenters. The van der Waals surface area contributed by atoms with Gasteiger partial charge in [-0.3, -0.25) is 0 Å². The molecule has 114 valence electrons. The number of nitrogen functional groups attached to an aromatic ring is 1. The van der Waals surface area contributed by atoms with Crippen molar-refractivity contribution in [1.82, 2.24) is 15.0 Å². The van der Waals surface area contributed by atoms with E-state index in [4.69, 9.17) is 10.8 Å². The van der Waals surface area contributed by atoms with E-state index >= 15 is 0 Å². The van der Waals surface area contributed by atoms with Gasteiger partial charge in [0.2, 0.25) is 17.8 Å². The molecule has 1 aromatic heterocycles. The van der Waals surface area contributed by atoms with Gasteiger partial charge in [-0.15, -0.1) is 0 Å². The highest BCUT2D eigenvalue weighted by molar-refractivity contribution is 7.99. The van der Waals surface area contributed by atoms with Gasteiger partial charge in [0.15, 0.2) is 0 Å². The average molecular weight is 300 g/mol. The second-order valence-corrected chi connectivity index (χ2v) is 5.33. The van der Waals surface area contributed by atoms with Gasteiger partial charge in [-0.25, -0.2) is 0 Å². The van der Waals surface area contributed by atoms with E-state index in [2.05, 4.69) is 20.3 Å². The van der Waals surface area contributed by atoms with Gasteiger partial charge in [0.05, 0.1) is 0 Å². The molecule has 1 rings (SSSR count). The number of hydrogen-bond donors (Lipinski definition) is 3. The lowest BCUT2D eigenvalue weighted by molar-refractivity contribution is 0.296. The lowest BCUT2D eigenvalue weighted by Crippen LogP contribution is -2.25. The van der Waals surface area contributed by atoms with Crippen LogP contribution in [0.4, 0.5) is 17.8 Å². The summed E-state index contributed by atoms with van der Waals surface area (Å²) in [6.45, 7) is 6.77. The van der Waals surface area contributed by atoms with E-state index in [0.29, 0.717) is 11.9 Å². The van der Waals surface area contributed by atoms with Crippen molar-refractivity contribution in [2.24, 2.45) is 0 Å². The quantitative estimate of drug-likeness (QED) is 0.546. The molecule has 1 aromatic rings. The molecule has 20 heavy (non-hydrogen) atoms. The number of thioether (sulfide) groups is 1. The predicted octanol–water partition coefficient (Wildman–Crippen LogP) is 0.827. The summed E-state index contributed by atoms with van der Waals surface area (Å²) in [6, 6.07) is 0. The van der Waals surface area contributed by atoms with Crippen LogP contribution in [0.3, 0.4) is 0 Å². The Morgan fingerprint density at radius 3 is 2.60 bits per heavy atom. The van der Waals surface area contributed by atoms with Crippen LogP contribution < -0.4 is 16.0 Å². The number of aliphatic hydroxyl groups excluding tert-OH is 1. The minimum Gasteiger partial charge on any atom is -0.396 e. The van der Waals surface area contributed by atoms with E-state index in [1.165, 1.54) is 0 Å². The van der Waals surface area contributed by atoms with Crippen LogP contribution in [0, 0.1) is 0 Å². The van der Waals surface area contributed by atoms with Crippen LogP contribution in [0.1, 0.15) is 20.3 Å². The number of rotatable bonds is 10.